The molecule has 1 atom stereocenters. The van der Waals surface area contributed by atoms with E-state index in [1.54, 1.807) is 33.5 Å². The van der Waals surface area contributed by atoms with Crippen molar-refractivity contribution in [3.63, 3.8) is 0 Å². The topological polar surface area (TPSA) is 85.3 Å². The minimum Gasteiger partial charge on any atom is -0.507 e. The summed E-state index contributed by atoms with van der Waals surface area (Å²) in [5.41, 5.74) is 3.66. The number of nitrogens with zero attached hydrogens (tertiary/aromatic N) is 1. The van der Waals surface area contributed by atoms with Crippen molar-refractivity contribution in [3.8, 4) is 17.2 Å². The van der Waals surface area contributed by atoms with Crippen LogP contribution in [0.25, 0.3) is 5.76 Å². The fraction of sp³-hybridized carbons (Fsp3) is 0.267. The number of amides is 1. The van der Waals surface area contributed by atoms with E-state index in [1.807, 2.05) is 62.4 Å². The highest BCUT2D eigenvalue weighted by Gasteiger charge is 2.47. The Hall–Kier alpha value is -4.26. The summed E-state index contributed by atoms with van der Waals surface area (Å²) in [6, 6.07) is 17.6. The van der Waals surface area contributed by atoms with Crippen molar-refractivity contribution < 1.29 is 28.9 Å². The summed E-state index contributed by atoms with van der Waals surface area (Å²) < 4.78 is 16.2. The standard InChI is InChI=1S/C30H31NO6/c1-18-17-25(37-5)19(2)16-23(18)28(32)26-27(22-8-6-7-9-24(22)36-4)31(30(34)29(26)33)15-14-20-10-12-21(35-3)13-11-20/h6-13,16-17,27,32H,14-15H2,1-5H3/b28-26+. The third-order valence-electron chi connectivity index (χ3n) is 6.77. The number of hydrogen-bond donors (Lipinski definition) is 1. The molecule has 37 heavy (non-hydrogen) atoms. The number of carbonyl (C=O) groups is 2. The zero-order chi connectivity index (χ0) is 26.7. The fourth-order valence-corrected chi connectivity index (χ4v) is 4.78. The van der Waals surface area contributed by atoms with Crippen LogP contribution in [0.3, 0.4) is 0 Å². The van der Waals surface area contributed by atoms with E-state index in [0.29, 0.717) is 29.0 Å². The van der Waals surface area contributed by atoms with Gasteiger partial charge in [0, 0.05) is 17.7 Å². The van der Waals surface area contributed by atoms with E-state index in [4.69, 9.17) is 14.2 Å². The molecule has 192 valence electrons. The predicted octanol–water partition coefficient (Wildman–Crippen LogP) is 4.99. The molecule has 0 aromatic heterocycles. The Labute approximate surface area is 216 Å². The first kappa shape index (κ1) is 25.8. The minimum absolute atomic E-state index is 0.0388. The molecule has 7 nitrogen and oxygen atoms in total. The molecule has 3 aromatic carbocycles. The summed E-state index contributed by atoms with van der Waals surface area (Å²) in [4.78, 5) is 28.3. The number of rotatable bonds is 8. The third-order valence-corrected chi connectivity index (χ3v) is 6.77. The zero-order valence-corrected chi connectivity index (χ0v) is 21.7. The highest BCUT2D eigenvalue weighted by atomic mass is 16.5. The number of ether oxygens (including phenoxy) is 3. The molecule has 1 heterocycles. The maximum Gasteiger partial charge on any atom is 0.295 e. The van der Waals surface area contributed by atoms with Gasteiger partial charge in [-0.05, 0) is 67.3 Å². The number of carbonyl (C=O) groups excluding carboxylic acids is 2. The number of hydrogen-bond acceptors (Lipinski definition) is 6. The second kappa shape index (κ2) is 10.8. The first-order valence-electron chi connectivity index (χ1n) is 12.0. The predicted molar refractivity (Wildman–Crippen MR) is 141 cm³/mol. The molecule has 4 rings (SSSR count). The molecule has 1 saturated heterocycles. The monoisotopic (exact) mass is 501 g/mol. The van der Waals surface area contributed by atoms with Gasteiger partial charge in [-0.1, -0.05) is 30.3 Å². The number of methoxy groups -OCH3 is 3. The van der Waals surface area contributed by atoms with Crippen LogP contribution in [0.5, 0.6) is 17.2 Å². The molecule has 0 saturated carbocycles. The lowest BCUT2D eigenvalue weighted by atomic mass is 9.92. The van der Waals surface area contributed by atoms with Crippen LogP contribution in [0.4, 0.5) is 0 Å². The van der Waals surface area contributed by atoms with E-state index in [9.17, 15) is 14.7 Å². The van der Waals surface area contributed by atoms with Gasteiger partial charge in [0.25, 0.3) is 11.7 Å². The Morgan fingerprint density at radius 1 is 0.865 bits per heavy atom. The molecule has 1 N–H and O–H groups in total. The number of aliphatic hydroxyl groups is 1. The number of likely N-dealkylation sites (tertiary alicyclic amines) is 1. The maximum absolute atomic E-state index is 13.4. The summed E-state index contributed by atoms with van der Waals surface area (Å²) in [5, 5.41) is 11.5. The SMILES string of the molecule is COc1ccc(CCN2C(=O)C(=O)/C(=C(/O)c3cc(C)c(OC)cc3C)C2c2ccccc2OC)cc1. The average molecular weight is 502 g/mol. The molecule has 1 unspecified atom stereocenters. The van der Waals surface area contributed by atoms with Gasteiger partial charge in [-0.25, -0.2) is 0 Å². The molecule has 1 amide bonds. The lowest BCUT2D eigenvalue weighted by Crippen LogP contribution is -2.31. The van der Waals surface area contributed by atoms with Crippen LogP contribution in [0.15, 0.2) is 66.2 Å². The van der Waals surface area contributed by atoms with Gasteiger partial charge < -0.3 is 24.2 Å². The van der Waals surface area contributed by atoms with Crippen molar-refractivity contribution in [2.45, 2.75) is 26.3 Å². The average Bonchev–Trinajstić information content (AvgIpc) is 3.17. The van der Waals surface area contributed by atoms with Crippen molar-refractivity contribution in [3.05, 3.63) is 94.1 Å². The van der Waals surface area contributed by atoms with Crippen LogP contribution in [-0.4, -0.2) is 49.6 Å². The lowest BCUT2D eigenvalue weighted by Gasteiger charge is -2.27. The number of benzene rings is 3. The summed E-state index contributed by atoms with van der Waals surface area (Å²) >= 11 is 0. The van der Waals surface area contributed by atoms with Crippen LogP contribution in [0, 0.1) is 13.8 Å². The molecule has 0 spiro atoms. The first-order chi connectivity index (χ1) is 17.8. The zero-order valence-electron chi connectivity index (χ0n) is 21.7. The van der Waals surface area contributed by atoms with E-state index in [-0.39, 0.29) is 17.9 Å². The number of para-hydroxylation sites is 1. The first-order valence-corrected chi connectivity index (χ1v) is 12.0. The van der Waals surface area contributed by atoms with Crippen LogP contribution in [-0.2, 0) is 16.0 Å². The molecule has 7 heteroatoms. The number of Topliss-reactive ketones (excluding diaryl/α,β-unsaturated/α-hetero) is 1. The van der Waals surface area contributed by atoms with Gasteiger partial charge >= 0.3 is 0 Å². The fourth-order valence-electron chi connectivity index (χ4n) is 4.78. The van der Waals surface area contributed by atoms with Crippen molar-refractivity contribution >= 4 is 17.4 Å². The van der Waals surface area contributed by atoms with Crippen LogP contribution in [0.1, 0.15) is 33.9 Å². The highest BCUT2D eigenvalue weighted by molar-refractivity contribution is 6.46. The summed E-state index contributed by atoms with van der Waals surface area (Å²) in [6.07, 6.45) is 0.517. The molecule has 1 aliphatic heterocycles. The van der Waals surface area contributed by atoms with Crippen LogP contribution >= 0.6 is 0 Å². The van der Waals surface area contributed by atoms with Gasteiger partial charge in [-0.2, -0.15) is 0 Å². The Balaban J connectivity index is 1.83. The molecule has 3 aromatic rings. The van der Waals surface area contributed by atoms with Crippen molar-refractivity contribution in [2.24, 2.45) is 0 Å². The van der Waals surface area contributed by atoms with Crippen LogP contribution < -0.4 is 14.2 Å². The largest absolute Gasteiger partial charge is 0.507 e. The smallest absolute Gasteiger partial charge is 0.295 e. The number of aryl methyl sites for hydroxylation is 2. The number of ketones is 1. The molecule has 1 fully saturated rings. The van der Waals surface area contributed by atoms with Gasteiger partial charge in [0.05, 0.1) is 32.9 Å². The molecular formula is C30H31NO6. The van der Waals surface area contributed by atoms with E-state index in [2.05, 4.69) is 0 Å². The maximum atomic E-state index is 13.4. The Kier molecular flexibility index (Phi) is 7.53. The summed E-state index contributed by atoms with van der Waals surface area (Å²) in [6.45, 7) is 3.96. The van der Waals surface area contributed by atoms with Crippen molar-refractivity contribution in [2.75, 3.05) is 27.9 Å². The molecule has 0 aliphatic carbocycles. The second-order valence-corrected chi connectivity index (χ2v) is 8.97. The summed E-state index contributed by atoms with van der Waals surface area (Å²) in [5.74, 6) is 0.338. The molecule has 1 aliphatic rings. The van der Waals surface area contributed by atoms with E-state index < -0.39 is 17.7 Å². The lowest BCUT2D eigenvalue weighted by molar-refractivity contribution is -0.139. The van der Waals surface area contributed by atoms with E-state index >= 15 is 0 Å². The van der Waals surface area contributed by atoms with Crippen molar-refractivity contribution in [1.29, 1.82) is 0 Å². The Bertz CT molecular complexity index is 1360. The quantitative estimate of drug-likeness (QED) is 0.266. The summed E-state index contributed by atoms with van der Waals surface area (Å²) in [7, 11) is 4.73. The minimum atomic E-state index is -0.809. The normalized spacial score (nSPS) is 16.7. The van der Waals surface area contributed by atoms with Gasteiger partial charge in [-0.15, -0.1) is 0 Å². The number of aliphatic hydroxyl groups excluding tert-OH is 1. The van der Waals surface area contributed by atoms with Gasteiger partial charge in [0.2, 0.25) is 0 Å². The van der Waals surface area contributed by atoms with Gasteiger partial charge in [0.15, 0.2) is 0 Å². The molecule has 0 radical (unpaired) electrons. The molecule has 0 bridgehead atoms. The Morgan fingerprint density at radius 2 is 1.54 bits per heavy atom. The van der Waals surface area contributed by atoms with E-state index in [1.165, 1.54) is 4.90 Å². The van der Waals surface area contributed by atoms with Crippen LogP contribution in [0.2, 0.25) is 0 Å². The van der Waals surface area contributed by atoms with Gasteiger partial charge in [0.1, 0.15) is 23.0 Å². The third kappa shape index (κ3) is 4.89. The second-order valence-electron chi connectivity index (χ2n) is 8.97. The molecular weight excluding hydrogens is 470 g/mol. The highest BCUT2D eigenvalue weighted by Crippen LogP contribution is 2.43. The Morgan fingerprint density at radius 3 is 2.19 bits per heavy atom. The van der Waals surface area contributed by atoms with Crippen molar-refractivity contribution in [1.82, 2.24) is 4.90 Å². The van der Waals surface area contributed by atoms with Gasteiger partial charge in [-0.3, -0.25) is 9.59 Å². The van der Waals surface area contributed by atoms with E-state index in [0.717, 1.165) is 22.4 Å².